The second-order valence-electron chi connectivity index (χ2n) is 5.62. The summed E-state index contributed by atoms with van der Waals surface area (Å²) in [5.41, 5.74) is 8.00. The summed E-state index contributed by atoms with van der Waals surface area (Å²) >= 11 is 0. The highest BCUT2D eigenvalue weighted by atomic mass is 16.5. The van der Waals surface area contributed by atoms with Crippen molar-refractivity contribution in [1.29, 1.82) is 0 Å². The fourth-order valence-electron chi connectivity index (χ4n) is 2.48. The Bertz CT molecular complexity index is 477. The lowest BCUT2D eigenvalue weighted by Gasteiger charge is -2.30. The standard InChI is InChI=1S/C15H21NO3/c1-15(2,16)12(9-14(17)18-3)10-4-5-13-11(8-10)6-7-19-13/h4-5,8,12H,6-7,9,16H2,1-3H3. The van der Waals surface area contributed by atoms with Gasteiger partial charge in [0.2, 0.25) is 0 Å². The monoisotopic (exact) mass is 263 g/mol. The number of carbonyl (C=O) groups is 1. The van der Waals surface area contributed by atoms with E-state index in [0.717, 1.165) is 24.3 Å². The van der Waals surface area contributed by atoms with Gasteiger partial charge in [-0.1, -0.05) is 12.1 Å². The van der Waals surface area contributed by atoms with E-state index in [0.29, 0.717) is 6.42 Å². The SMILES string of the molecule is COC(=O)CC(c1ccc2c(c1)CCO2)C(C)(C)N. The molecule has 0 saturated heterocycles. The average molecular weight is 263 g/mol. The molecule has 0 radical (unpaired) electrons. The number of esters is 1. The van der Waals surface area contributed by atoms with Gasteiger partial charge in [-0.3, -0.25) is 4.79 Å². The van der Waals surface area contributed by atoms with Crippen LogP contribution >= 0.6 is 0 Å². The molecule has 2 N–H and O–H groups in total. The normalized spacial score (nSPS) is 15.6. The lowest BCUT2D eigenvalue weighted by molar-refractivity contribution is -0.141. The van der Waals surface area contributed by atoms with E-state index in [1.165, 1.54) is 12.7 Å². The summed E-state index contributed by atoms with van der Waals surface area (Å²) in [7, 11) is 1.40. The van der Waals surface area contributed by atoms with Gasteiger partial charge in [0.15, 0.2) is 0 Å². The Hall–Kier alpha value is -1.55. The molecule has 0 amide bonds. The minimum atomic E-state index is -0.484. The van der Waals surface area contributed by atoms with Gasteiger partial charge in [-0.2, -0.15) is 0 Å². The highest BCUT2D eigenvalue weighted by Crippen LogP contribution is 2.34. The van der Waals surface area contributed by atoms with Crippen LogP contribution in [0.5, 0.6) is 5.75 Å². The molecule has 1 heterocycles. The number of benzene rings is 1. The Morgan fingerprint density at radius 2 is 2.26 bits per heavy atom. The maximum Gasteiger partial charge on any atom is 0.306 e. The molecule has 19 heavy (non-hydrogen) atoms. The first-order chi connectivity index (χ1) is 8.91. The molecule has 4 nitrogen and oxygen atoms in total. The van der Waals surface area contributed by atoms with Crippen LogP contribution in [0.2, 0.25) is 0 Å². The van der Waals surface area contributed by atoms with Crippen LogP contribution in [0.15, 0.2) is 18.2 Å². The molecule has 0 saturated carbocycles. The van der Waals surface area contributed by atoms with E-state index in [1.807, 2.05) is 26.0 Å². The number of carbonyl (C=O) groups excluding carboxylic acids is 1. The summed E-state index contributed by atoms with van der Waals surface area (Å²) in [4.78, 5) is 11.6. The van der Waals surface area contributed by atoms with Crippen molar-refractivity contribution in [2.24, 2.45) is 5.73 Å². The molecule has 1 aliphatic rings. The number of hydrogen-bond donors (Lipinski definition) is 1. The van der Waals surface area contributed by atoms with Gasteiger partial charge in [-0.25, -0.2) is 0 Å². The quantitative estimate of drug-likeness (QED) is 0.844. The van der Waals surface area contributed by atoms with Crippen molar-refractivity contribution in [3.05, 3.63) is 29.3 Å². The van der Waals surface area contributed by atoms with Gasteiger partial charge < -0.3 is 15.2 Å². The molecule has 104 valence electrons. The number of fused-ring (bicyclic) bond motifs is 1. The Morgan fingerprint density at radius 1 is 1.53 bits per heavy atom. The fraction of sp³-hybridized carbons (Fsp3) is 0.533. The van der Waals surface area contributed by atoms with E-state index in [9.17, 15) is 4.79 Å². The van der Waals surface area contributed by atoms with Crippen LogP contribution in [-0.2, 0) is 16.0 Å². The lowest BCUT2D eigenvalue weighted by Crippen LogP contribution is -2.40. The van der Waals surface area contributed by atoms with Crippen molar-refractivity contribution in [2.75, 3.05) is 13.7 Å². The summed E-state index contributed by atoms with van der Waals surface area (Å²) in [6, 6.07) is 6.06. The largest absolute Gasteiger partial charge is 0.493 e. The molecule has 2 rings (SSSR count). The Morgan fingerprint density at radius 3 is 2.89 bits per heavy atom. The van der Waals surface area contributed by atoms with Crippen LogP contribution in [0.1, 0.15) is 37.3 Å². The Balaban J connectivity index is 2.30. The van der Waals surface area contributed by atoms with Gasteiger partial charge in [0.05, 0.1) is 20.1 Å². The van der Waals surface area contributed by atoms with Gasteiger partial charge in [0.25, 0.3) is 0 Å². The smallest absolute Gasteiger partial charge is 0.306 e. The van der Waals surface area contributed by atoms with Gasteiger partial charge in [-0.05, 0) is 31.0 Å². The van der Waals surface area contributed by atoms with E-state index < -0.39 is 5.54 Å². The summed E-state index contributed by atoms with van der Waals surface area (Å²) in [5.74, 6) is 0.640. The molecular formula is C15H21NO3. The zero-order valence-electron chi connectivity index (χ0n) is 11.7. The molecule has 1 atom stereocenters. The Labute approximate surface area is 113 Å². The van der Waals surface area contributed by atoms with E-state index in [-0.39, 0.29) is 11.9 Å². The van der Waals surface area contributed by atoms with Crippen LogP contribution in [0.4, 0.5) is 0 Å². The van der Waals surface area contributed by atoms with Crippen molar-refractivity contribution >= 4 is 5.97 Å². The molecule has 1 aromatic rings. The Kier molecular flexibility index (Phi) is 3.80. The highest BCUT2D eigenvalue weighted by molar-refractivity contribution is 5.70. The van der Waals surface area contributed by atoms with Gasteiger partial charge in [0.1, 0.15) is 5.75 Å². The average Bonchev–Trinajstić information content (AvgIpc) is 2.81. The highest BCUT2D eigenvalue weighted by Gasteiger charge is 2.30. The first-order valence-electron chi connectivity index (χ1n) is 6.53. The number of nitrogens with two attached hydrogens (primary N) is 1. The van der Waals surface area contributed by atoms with Crippen LogP contribution in [0.25, 0.3) is 0 Å². The molecule has 0 aromatic heterocycles. The van der Waals surface area contributed by atoms with E-state index >= 15 is 0 Å². The van der Waals surface area contributed by atoms with Gasteiger partial charge in [0, 0.05) is 17.9 Å². The van der Waals surface area contributed by atoms with Crippen molar-refractivity contribution < 1.29 is 14.3 Å². The summed E-state index contributed by atoms with van der Waals surface area (Å²) < 4.78 is 10.3. The topological polar surface area (TPSA) is 61.5 Å². The van der Waals surface area contributed by atoms with E-state index in [4.69, 9.17) is 15.2 Å². The molecule has 1 aliphatic heterocycles. The second-order valence-corrected chi connectivity index (χ2v) is 5.62. The predicted molar refractivity (Wildman–Crippen MR) is 73.3 cm³/mol. The molecule has 0 fully saturated rings. The van der Waals surface area contributed by atoms with Crippen molar-refractivity contribution in [2.45, 2.75) is 38.1 Å². The molecule has 4 heteroatoms. The van der Waals surface area contributed by atoms with Crippen LogP contribution < -0.4 is 10.5 Å². The minimum absolute atomic E-state index is 0.0640. The summed E-state index contributed by atoms with van der Waals surface area (Å²) in [6.45, 7) is 4.60. The summed E-state index contributed by atoms with van der Waals surface area (Å²) in [6.07, 6.45) is 1.21. The first-order valence-corrected chi connectivity index (χ1v) is 6.53. The zero-order chi connectivity index (χ0) is 14.0. The summed E-state index contributed by atoms with van der Waals surface area (Å²) in [5, 5.41) is 0. The number of methoxy groups -OCH3 is 1. The molecule has 1 aromatic carbocycles. The third-order valence-electron chi connectivity index (χ3n) is 3.61. The van der Waals surface area contributed by atoms with Crippen molar-refractivity contribution in [1.82, 2.24) is 0 Å². The van der Waals surface area contributed by atoms with E-state index in [2.05, 4.69) is 6.07 Å². The van der Waals surface area contributed by atoms with Crippen LogP contribution in [0, 0.1) is 0 Å². The first kappa shape index (κ1) is 13.9. The van der Waals surface area contributed by atoms with Crippen LogP contribution in [-0.4, -0.2) is 25.2 Å². The number of hydrogen-bond acceptors (Lipinski definition) is 4. The minimum Gasteiger partial charge on any atom is -0.493 e. The van der Waals surface area contributed by atoms with E-state index in [1.54, 1.807) is 0 Å². The molecule has 1 unspecified atom stereocenters. The number of ether oxygens (including phenoxy) is 2. The van der Waals surface area contributed by atoms with Crippen LogP contribution in [0.3, 0.4) is 0 Å². The number of rotatable bonds is 4. The molecule has 0 aliphatic carbocycles. The molecular weight excluding hydrogens is 242 g/mol. The van der Waals surface area contributed by atoms with Gasteiger partial charge in [-0.15, -0.1) is 0 Å². The predicted octanol–water partition coefficient (Wildman–Crippen LogP) is 2.01. The third-order valence-corrected chi connectivity index (χ3v) is 3.61. The van der Waals surface area contributed by atoms with Gasteiger partial charge >= 0.3 is 5.97 Å². The third kappa shape index (κ3) is 3.07. The maximum atomic E-state index is 11.6. The fourth-order valence-corrected chi connectivity index (χ4v) is 2.48. The molecule has 0 spiro atoms. The zero-order valence-corrected chi connectivity index (χ0v) is 11.7. The van der Waals surface area contributed by atoms with Crippen molar-refractivity contribution in [3.8, 4) is 5.75 Å². The lowest BCUT2D eigenvalue weighted by atomic mass is 9.80. The van der Waals surface area contributed by atoms with Crippen molar-refractivity contribution in [3.63, 3.8) is 0 Å². The second kappa shape index (κ2) is 5.21. The maximum absolute atomic E-state index is 11.6. The molecule has 0 bridgehead atoms.